The topological polar surface area (TPSA) is 73.3 Å². The summed E-state index contributed by atoms with van der Waals surface area (Å²) in [5.74, 6) is 0.566. The van der Waals surface area contributed by atoms with Crippen molar-refractivity contribution in [3.05, 3.63) is 76.3 Å². The molecule has 138 valence electrons. The third kappa shape index (κ3) is 4.67. The molecule has 0 spiro atoms. The number of anilines is 1. The van der Waals surface area contributed by atoms with Gasteiger partial charge >= 0.3 is 0 Å². The number of nitrogens with zero attached hydrogens (tertiary/aromatic N) is 2. The Kier molecular flexibility index (Phi) is 6.11. The number of hydrogen-bond donors (Lipinski definition) is 1. The molecule has 0 aliphatic rings. The van der Waals surface area contributed by atoms with Crippen LogP contribution in [-0.4, -0.2) is 23.0 Å². The van der Waals surface area contributed by atoms with E-state index in [4.69, 9.17) is 32.7 Å². The van der Waals surface area contributed by atoms with Crippen molar-refractivity contribution in [1.82, 2.24) is 9.97 Å². The average Bonchev–Trinajstić information content (AvgIpc) is 2.69. The van der Waals surface area contributed by atoms with Crippen molar-refractivity contribution in [2.75, 3.05) is 12.4 Å². The number of aromatic nitrogens is 2. The van der Waals surface area contributed by atoms with Crippen LogP contribution in [0, 0.1) is 0 Å². The van der Waals surface area contributed by atoms with E-state index < -0.39 is 0 Å². The number of carbonyl (C=O) groups is 1. The Hall–Kier alpha value is -2.83. The fourth-order valence-corrected chi connectivity index (χ4v) is 2.75. The van der Waals surface area contributed by atoms with Gasteiger partial charge in [0.15, 0.2) is 11.5 Å². The van der Waals surface area contributed by atoms with E-state index in [9.17, 15) is 4.79 Å². The van der Waals surface area contributed by atoms with Crippen LogP contribution in [-0.2, 0) is 6.61 Å². The second kappa shape index (κ2) is 8.70. The molecule has 3 rings (SSSR count). The minimum Gasteiger partial charge on any atom is -0.493 e. The molecule has 27 heavy (non-hydrogen) atoms. The van der Waals surface area contributed by atoms with E-state index in [0.717, 1.165) is 5.56 Å². The highest BCUT2D eigenvalue weighted by molar-refractivity contribution is 6.39. The van der Waals surface area contributed by atoms with Gasteiger partial charge in [-0.25, -0.2) is 0 Å². The van der Waals surface area contributed by atoms with Gasteiger partial charge in [0.25, 0.3) is 5.91 Å². The molecule has 0 radical (unpaired) electrons. The first kappa shape index (κ1) is 18.9. The number of amides is 1. The molecule has 1 N–H and O–H groups in total. The summed E-state index contributed by atoms with van der Waals surface area (Å²) in [7, 11) is 1.53. The molecule has 0 atom stereocenters. The molecule has 0 fully saturated rings. The summed E-state index contributed by atoms with van der Waals surface area (Å²) < 4.78 is 11.1. The molecule has 3 aromatic rings. The van der Waals surface area contributed by atoms with Crippen LogP contribution in [0.3, 0.4) is 0 Å². The number of pyridine rings is 2. The third-order valence-corrected chi connectivity index (χ3v) is 4.23. The van der Waals surface area contributed by atoms with Crippen molar-refractivity contribution in [1.29, 1.82) is 0 Å². The Morgan fingerprint density at radius 3 is 2.41 bits per heavy atom. The van der Waals surface area contributed by atoms with Gasteiger partial charge < -0.3 is 14.8 Å². The molecule has 0 bridgehead atoms. The first-order valence-corrected chi connectivity index (χ1v) is 8.64. The Balaban J connectivity index is 1.80. The summed E-state index contributed by atoms with van der Waals surface area (Å²) in [5.41, 5.74) is 1.61. The van der Waals surface area contributed by atoms with Crippen LogP contribution >= 0.6 is 23.2 Å². The Bertz CT molecular complexity index is 932. The zero-order valence-corrected chi connectivity index (χ0v) is 15.8. The van der Waals surface area contributed by atoms with Gasteiger partial charge in [0.1, 0.15) is 6.61 Å². The fraction of sp³-hybridized carbons (Fsp3) is 0.105. The minimum absolute atomic E-state index is 0.249. The van der Waals surface area contributed by atoms with Crippen molar-refractivity contribution in [3.63, 3.8) is 0 Å². The number of benzene rings is 1. The number of hydrogen-bond acceptors (Lipinski definition) is 5. The molecular formula is C19H15Cl2N3O3. The molecular weight excluding hydrogens is 389 g/mol. The van der Waals surface area contributed by atoms with Crippen LogP contribution < -0.4 is 14.8 Å². The Labute approximate surface area is 166 Å². The van der Waals surface area contributed by atoms with E-state index in [2.05, 4.69) is 15.3 Å². The van der Waals surface area contributed by atoms with Crippen LogP contribution in [0.2, 0.25) is 10.0 Å². The molecule has 1 aromatic carbocycles. The lowest BCUT2D eigenvalue weighted by atomic mass is 10.2. The van der Waals surface area contributed by atoms with Gasteiger partial charge in [0, 0.05) is 30.4 Å². The zero-order chi connectivity index (χ0) is 19.2. The maximum absolute atomic E-state index is 12.6. The fourth-order valence-electron chi connectivity index (χ4n) is 2.29. The van der Waals surface area contributed by atoms with Crippen LogP contribution in [0.4, 0.5) is 5.69 Å². The second-order valence-electron chi connectivity index (χ2n) is 5.44. The van der Waals surface area contributed by atoms with Gasteiger partial charge in [0.05, 0.1) is 22.8 Å². The quantitative estimate of drug-likeness (QED) is 0.649. The van der Waals surface area contributed by atoms with E-state index >= 15 is 0 Å². The first-order valence-electron chi connectivity index (χ1n) is 7.88. The smallest absolute Gasteiger partial charge is 0.255 e. The SMILES string of the molecule is COc1ccc(C(=O)Nc2c(Cl)cncc2Cl)cc1OCc1ccncc1. The van der Waals surface area contributed by atoms with Crippen molar-refractivity contribution in [2.24, 2.45) is 0 Å². The highest BCUT2D eigenvalue weighted by Gasteiger charge is 2.15. The molecule has 0 aliphatic heterocycles. The van der Waals surface area contributed by atoms with E-state index in [-0.39, 0.29) is 16.0 Å². The van der Waals surface area contributed by atoms with Gasteiger partial charge in [-0.2, -0.15) is 0 Å². The highest BCUT2D eigenvalue weighted by Crippen LogP contribution is 2.31. The predicted octanol–water partition coefficient (Wildman–Crippen LogP) is 4.62. The van der Waals surface area contributed by atoms with Crippen LogP contribution in [0.1, 0.15) is 15.9 Å². The maximum Gasteiger partial charge on any atom is 0.255 e. The lowest BCUT2D eigenvalue weighted by Gasteiger charge is -2.13. The molecule has 0 unspecified atom stereocenters. The summed E-state index contributed by atoms with van der Waals surface area (Å²) in [4.78, 5) is 20.4. The van der Waals surface area contributed by atoms with Gasteiger partial charge in [-0.1, -0.05) is 23.2 Å². The van der Waals surface area contributed by atoms with E-state index in [1.54, 1.807) is 30.6 Å². The monoisotopic (exact) mass is 403 g/mol. The van der Waals surface area contributed by atoms with Crippen molar-refractivity contribution >= 4 is 34.8 Å². The number of ether oxygens (including phenoxy) is 2. The molecule has 0 saturated heterocycles. The van der Waals surface area contributed by atoms with E-state index in [1.807, 2.05) is 12.1 Å². The number of rotatable bonds is 6. The van der Waals surface area contributed by atoms with Crippen LogP contribution in [0.25, 0.3) is 0 Å². The Morgan fingerprint density at radius 1 is 1.04 bits per heavy atom. The summed E-state index contributed by atoms with van der Waals surface area (Å²) in [6.45, 7) is 0.311. The molecule has 0 saturated carbocycles. The minimum atomic E-state index is -0.388. The average molecular weight is 404 g/mol. The van der Waals surface area contributed by atoms with E-state index in [0.29, 0.717) is 29.4 Å². The van der Waals surface area contributed by atoms with Gasteiger partial charge in [-0.05, 0) is 35.9 Å². The number of carbonyl (C=O) groups excluding carboxylic acids is 1. The lowest BCUT2D eigenvalue weighted by molar-refractivity contribution is 0.102. The maximum atomic E-state index is 12.6. The summed E-state index contributed by atoms with van der Waals surface area (Å²) in [6, 6.07) is 8.56. The first-order chi connectivity index (χ1) is 13.1. The summed E-state index contributed by atoms with van der Waals surface area (Å²) in [5, 5.41) is 3.18. The summed E-state index contributed by atoms with van der Waals surface area (Å²) >= 11 is 12.1. The van der Waals surface area contributed by atoms with Gasteiger partial charge in [-0.3, -0.25) is 14.8 Å². The van der Waals surface area contributed by atoms with Crippen molar-refractivity contribution in [3.8, 4) is 11.5 Å². The largest absolute Gasteiger partial charge is 0.493 e. The molecule has 2 aromatic heterocycles. The van der Waals surface area contributed by atoms with Crippen LogP contribution in [0.15, 0.2) is 55.1 Å². The molecule has 0 aliphatic carbocycles. The standard InChI is InChI=1S/C19H15Cl2N3O3/c1-26-16-3-2-13(8-17(16)27-11-12-4-6-22-7-5-12)19(25)24-18-14(20)9-23-10-15(18)21/h2-10H,11H2,1H3,(H,23,24,25). The van der Waals surface area contributed by atoms with E-state index in [1.165, 1.54) is 19.5 Å². The molecule has 6 nitrogen and oxygen atoms in total. The van der Waals surface area contributed by atoms with Gasteiger partial charge in [-0.15, -0.1) is 0 Å². The zero-order valence-electron chi connectivity index (χ0n) is 14.3. The Morgan fingerprint density at radius 2 is 1.74 bits per heavy atom. The van der Waals surface area contributed by atoms with Gasteiger partial charge in [0.2, 0.25) is 0 Å². The number of methoxy groups -OCH3 is 1. The van der Waals surface area contributed by atoms with Crippen LogP contribution in [0.5, 0.6) is 11.5 Å². The number of halogens is 2. The summed E-state index contributed by atoms with van der Waals surface area (Å²) in [6.07, 6.45) is 6.17. The third-order valence-electron chi connectivity index (χ3n) is 3.66. The molecule has 2 heterocycles. The predicted molar refractivity (Wildman–Crippen MR) is 104 cm³/mol. The second-order valence-corrected chi connectivity index (χ2v) is 6.26. The lowest BCUT2D eigenvalue weighted by Crippen LogP contribution is -2.13. The molecule has 1 amide bonds. The normalized spacial score (nSPS) is 10.3. The van der Waals surface area contributed by atoms with Crippen molar-refractivity contribution < 1.29 is 14.3 Å². The molecule has 8 heteroatoms. The highest BCUT2D eigenvalue weighted by atomic mass is 35.5. The number of nitrogens with one attached hydrogen (secondary N) is 1. The van der Waals surface area contributed by atoms with Crippen molar-refractivity contribution in [2.45, 2.75) is 6.61 Å².